The van der Waals surface area contributed by atoms with Gasteiger partial charge in [-0.25, -0.2) is 8.42 Å². The fraction of sp³-hybridized carbons (Fsp3) is 0.833. The molecule has 0 aromatic carbocycles. The Labute approximate surface area is 124 Å². The average Bonchev–Trinajstić information content (AvgIpc) is 2.35. The molecular formula is C12H22N2O6S. The Bertz CT molecular complexity index is 490. The molecule has 1 fully saturated rings. The lowest BCUT2D eigenvalue weighted by Gasteiger charge is -2.35. The number of carboxylic acids is 1. The summed E-state index contributed by atoms with van der Waals surface area (Å²) in [4.78, 5) is 24.3. The highest BCUT2D eigenvalue weighted by molar-refractivity contribution is 7.88. The number of aliphatic carboxylic acids is 1. The molecular weight excluding hydrogens is 300 g/mol. The van der Waals surface area contributed by atoms with E-state index in [-0.39, 0.29) is 24.9 Å². The number of nitrogens with zero attached hydrogens (tertiary/aromatic N) is 2. The van der Waals surface area contributed by atoms with Gasteiger partial charge in [0.2, 0.25) is 15.9 Å². The van der Waals surface area contributed by atoms with Gasteiger partial charge in [-0.05, 0) is 0 Å². The molecule has 0 bridgehead atoms. The predicted molar refractivity (Wildman–Crippen MR) is 75.2 cm³/mol. The summed E-state index contributed by atoms with van der Waals surface area (Å²) >= 11 is 0. The van der Waals surface area contributed by atoms with Crippen LogP contribution in [0, 0.1) is 5.92 Å². The quantitative estimate of drug-likeness (QED) is 0.687. The largest absolute Gasteiger partial charge is 0.480 e. The molecule has 0 spiro atoms. The Hall–Kier alpha value is -1.19. The minimum atomic E-state index is -3.64. The fourth-order valence-electron chi connectivity index (χ4n) is 2.09. The summed E-state index contributed by atoms with van der Waals surface area (Å²) in [6.07, 6.45) is 0.436. The van der Waals surface area contributed by atoms with E-state index in [1.165, 1.54) is 0 Å². The second kappa shape index (κ2) is 7.19. The van der Waals surface area contributed by atoms with E-state index in [9.17, 15) is 18.0 Å². The first-order chi connectivity index (χ1) is 9.61. The molecule has 9 heteroatoms. The van der Waals surface area contributed by atoms with Crippen molar-refractivity contribution >= 4 is 21.9 Å². The maximum atomic E-state index is 11.9. The van der Waals surface area contributed by atoms with Crippen LogP contribution >= 0.6 is 0 Å². The zero-order valence-electron chi connectivity index (χ0n) is 12.5. The van der Waals surface area contributed by atoms with Gasteiger partial charge in [-0.3, -0.25) is 9.59 Å². The number of rotatable bonds is 6. The molecule has 1 aliphatic heterocycles. The molecule has 21 heavy (non-hydrogen) atoms. The predicted octanol–water partition coefficient (Wildman–Crippen LogP) is -0.784. The van der Waals surface area contributed by atoms with Crippen LogP contribution in [0.5, 0.6) is 0 Å². The molecule has 0 aromatic rings. The van der Waals surface area contributed by atoms with E-state index in [1.54, 1.807) is 18.7 Å². The summed E-state index contributed by atoms with van der Waals surface area (Å²) in [6.45, 7) is 3.94. The van der Waals surface area contributed by atoms with Crippen LogP contribution in [0.15, 0.2) is 0 Å². The summed E-state index contributed by atoms with van der Waals surface area (Å²) in [5.74, 6) is -1.40. The van der Waals surface area contributed by atoms with Gasteiger partial charge >= 0.3 is 5.97 Å². The van der Waals surface area contributed by atoms with Crippen molar-refractivity contribution in [3.05, 3.63) is 0 Å². The molecule has 122 valence electrons. The lowest BCUT2D eigenvalue weighted by atomic mass is 10.1. The molecule has 8 nitrogen and oxygen atoms in total. The number of carbonyl (C=O) groups is 2. The Morgan fingerprint density at radius 1 is 1.43 bits per heavy atom. The Morgan fingerprint density at radius 2 is 2.05 bits per heavy atom. The van der Waals surface area contributed by atoms with Gasteiger partial charge in [0, 0.05) is 25.6 Å². The minimum Gasteiger partial charge on any atom is -0.480 e. The molecule has 1 atom stereocenters. The highest BCUT2D eigenvalue weighted by Gasteiger charge is 2.30. The first-order valence-electron chi connectivity index (χ1n) is 6.68. The van der Waals surface area contributed by atoms with Crippen molar-refractivity contribution in [3.8, 4) is 0 Å². The molecule has 1 amide bonds. The van der Waals surface area contributed by atoms with Crippen LogP contribution < -0.4 is 0 Å². The molecule has 1 unspecified atom stereocenters. The van der Waals surface area contributed by atoms with Crippen molar-refractivity contribution in [1.82, 2.24) is 9.21 Å². The van der Waals surface area contributed by atoms with Crippen LogP contribution in [-0.4, -0.2) is 79.8 Å². The van der Waals surface area contributed by atoms with Crippen LogP contribution in [0.2, 0.25) is 0 Å². The summed E-state index contributed by atoms with van der Waals surface area (Å²) in [7, 11) is -3.64. The first kappa shape index (κ1) is 17.9. The Morgan fingerprint density at radius 3 is 2.52 bits per heavy atom. The molecule has 0 aromatic heterocycles. The number of ether oxygens (including phenoxy) is 1. The third-order valence-electron chi connectivity index (χ3n) is 3.13. The molecule has 0 aliphatic carbocycles. The molecule has 1 aliphatic rings. The zero-order valence-corrected chi connectivity index (χ0v) is 13.3. The molecule has 1 rings (SSSR count). The van der Waals surface area contributed by atoms with E-state index < -0.39 is 28.6 Å². The molecule has 1 heterocycles. The van der Waals surface area contributed by atoms with Gasteiger partial charge in [0.25, 0.3) is 0 Å². The number of carboxylic acid groups (broad SMARTS) is 1. The molecule has 0 saturated carbocycles. The van der Waals surface area contributed by atoms with Crippen LogP contribution in [0.4, 0.5) is 0 Å². The van der Waals surface area contributed by atoms with Gasteiger partial charge < -0.3 is 14.7 Å². The first-order valence-corrected chi connectivity index (χ1v) is 8.53. The van der Waals surface area contributed by atoms with Crippen LogP contribution in [0.25, 0.3) is 0 Å². The van der Waals surface area contributed by atoms with E-state index in [1.807, 2.05) is 0 Å². The lowest BCUT2D eigenvalue weighted by Crippen LogP contribution is -2.51. The standard InChI is InChI=1S/C12H22N2O6S/c1-9(2)12(17)13-4-5-20-10(6-13)7-14(8-11(15)16)21(3,18)19/h9-10H,4-8H2,1-3H3,(H,15,16). The number of hydrogen-bond acceptors (Lipinski definition) is 5. The van der Waals surface area contributed by atoms with Gasteiger partial charge in [-0.1, -0.05) is 13.8 Å². The third-order valence-corrected chi connectivity index (χ3v) is 4.35. The van der Waals surface area contributed by atoms with E-state index in [2.05, 4.69) is 0 Å². The lowest BCUT2D eigenvalue weighted by molar-refractivity contribution is -0.143. The van der Waals surface area contributed by atoms with E-state index in [4.69, 9.17) is 9.84 Å². The number of morpholine rings is 1. The second-order valence-electron chi connectivity index (χ2n) is 5.38. The van der Waals surface area contributed by atoms with Crippen LogP contribution in [0.1, 0.15) is 13.8 Å². The van der Waals surface area contributed by atoms with Crippen LogP contribution in [-0.2, 0) is 24.3 Å². The summed E-state index contributed by atoms with van der Waals surface area (Å²) < 4.78 is 29.5. The van der Waals surface area contributed by atoms with Gasteiger partial charge in [0.1, 0.15) is 6.54 Å². The number of hydrogen-bond donors (Lipinski definition) is 1. The van der Waals surface area contributed by atoms with Crippen molar-refractivity contribution in [3.63, 3.8) is 0 Å². The number of carbonyl (C=O) groups excluding carboxylic acids is 1. The van der Waals surface area contributed by atoms with E-state index >= 15 is 0 Å². The van der Waals surface area contributed by atoms with Gasteiger partial charge in [0.15, 0.2) is 0 Å². The topological polar surface area (TPSA) is 104 Å². The molecule has 1 N–H and O–H groups in total. The zero-order chi connectivity index (χ0) is 16.2. The van der Waals surface area contributed by atoms with Crippen molar-refractivity contribution < 1.29 is 27.9 Å². The van der Waals surface area contributed by atoms with Crippen molar-refractivity contribution in [2.24, 2.45) is 5.92 Å². The van der Waals surface area contributed by atoms with E-state index in [0.29, 0.717) is 13.2 Å². The van der Waals surface area contributed by atoms with Gasteiger partial charge in [-0.15, -0.1) is 0 Å². The molecule has 0 radical (unpaired) electrons. The molecule has 1 saturated heterocycles. The highest BCUT2D eigenvalue weighted by atomic mass is 32.2. The summed E-state index contributed by atoms with van der Waals surface area (Å²) in [5.41, 5.74) is 0. The Kier molecular flexibility index (Phi) is 6.11. The number of sulfonamides is 1. The summed E-state index contributed by atoms with van der Waals surface area (Å²) in [6, 6.07) is 0. The summed E-state index contributed by atoms with van der Waals surface area (Å²) in [5, 5.41) is 8.78. The van der Waals surface area contributed by atoms with Crippen LogP contribution in [0.3, 0.4) is 0 Å². The van der Waals surface area contributed by atoms with Crippen molar-refractivity contribution in [2.75, 3.05) is 39.0 Å². The Balaban J connectivity index is 2.71. The highest BCUT2D eigenvalue weighted by Crippen LogP contribution is 2.12. The van der Waals surface area contributed by atoms with Crippen molar-refractivity contribution in [1.29, 1.82) is 0 Å². The second-order valence-corrected chi connectivity index (χ2v) is 7.36. The van der Waals surface area contributed by atoms with Gasteiger partial charge in [0.05, 0.1) is 19.0 Å². The van der Waals surface area contributed by atoms with Gasteiger partial charge in [-0.2, -0.15) is 4.31 Å². The third kappa shape index (κ3) is 5.60. The maximum absolute atomic E-state index is 11.9. The SMILES string of the molecule is CC(C)C(=O)N1CCOC(CN(CC(=O)O)S(C)(=O)=O)C1. The van der Waals surface area contributed by atoms with Crippen molar-refractivity contribution in [2.45, 2.75) is 20.0 Å². The number of amides is 1. The normalized spacial score (nSPS) is 20.0. The minimum absolute atomic E-state index is 0.0209. The average molecular weight is 322 g/mol. The van der Waals surface area contributed by atoms with E-state index in [0.717, 1.165) is 10.6 Å². The maximum Gasteiger partial charge on any atom is 0.318 e. The monoisotopic (exact) mass is 322 g/mol. The fourth-order valence-corrected chi connectivity index (χ4v) is 2.87. The smallest absolute Gasteiger partial charge is 0.318 e.